The molecule has 8 nitrogen and oxygen atoms in total. The normalized spacial score (nSPS) is 15.8. The Morgan fingerprint density at radius 1 is 1.38 bits per heavy atom. The molecule has 2 aromatic rings. The predicted molar refractivity (Wildman–Crippen MR) is 92.1 cm³/mol. The number of anilines is 1. The van der Waals surface area contributed by atoms with Crippen molar-refractivity contribution in [3.63, 3.8) is 0 Å². The van der Waals surface area contributed by atoms with Crippen molar-refractivity contribution >= 4 is 26.9 Å². The summed E-state index contributed by atoms with van der Waals surface area (Å²) in [6.45, 7) is 2.12. The Morgan fingerprint density at radius 2 is 2.12 bits per heavy atom. The van der Waals surface area contributed by atoms with Gasteiger partial charge >= 0.3 is 0 Å². The molecule has 0 atom stereocenters. The van der Waals surface area contributed by atoms with Crippen LogP contribution in [0.4, 0.5) is 5.82 Å². The summed E-state index contributed by atoms with van der Waals surface area (Å²) in [5.74, 6) is 2.09. The quantitative estimate of drug-likeness (QED) is 0.818. The van der Waals surface area contributed by atoms with Crippen LogP contribution in [0.2, 0.25) is 0 Å². The smallest absolute Gasteiger partial charge is 0.276 e. The number of methoxy groups -OCH3 is 1. The molecule has 3 rings (SSSR count). The van der Waals surface area contributed by atoms with E-state index in [1.165, 1.54) is 11.4 Å². The Kier molecular flexibility index (Phi) is 4.57. The van der Waals surface area contributed by atoms with E-state index in [4.69, 9.17) is 9.88 Å². The molecular weight excluding hydrogens is 330 g/mol. The summed E-state index contributed by atoms with van der Waals surface area (Å²) in [6, 6.07) is 5.75. The van der Waals surface area contributed by atoms with Gasteiger partial charge in [-0.1, -0.05) is 0 Å². The largest absolute Gasteiger partial charge is 0.497 e. The van der Waals surface area contributed by atoms with Crippen LogP contribution in [0.5, 0.6) is 5.75 Å². The van der Waals surface area contributed by atoms with Crippen LogP contribution in [0.3, 0.4) is 0 Å². The zero-order valence-corrected chi connectivity index (χ0v) is 14.5. The van der Waals surface area contributed by atoms with Gasteiger partial charge in [-0.15, -0.1) is 0 Å². The molecule has 2 N–H and O–H groups in total. The Hall–Kier alpha value is -1.97. The summed E-state index contributed by atoms with van der Waals surface area (Å²) in [5, 5.41) is 6.07. The van der Waals surface area contributed by atoms with Crippen molar-refractivity contribution in [3.8, 4) is 5.75 Å². The number of hydrogen-bond donors (Lipinski definition) is 1. The summed E-state index contributed by atoms with van der Waals surface area (Å²) in [5.41, 5.74) is 0.844. The first kappa shape index (κ1) is 16.9. The predicted octanol–water partition coefficient (Wildman–Crippen LogP) is 0.600. The lowest BCUT2D eigenvalue weighted by Gasteiger charge is -2.41. The van der Waals surface area contributed by atoms with E-state index in [0.717, 1.165) is 42.0 Å². The van der Waals surface area contributed by atoms with Crippen LogP contribution >= 0.6 is 0 Å². The van der Waals surface area contributed by atoms with Gasteiger partial charge in [-0.3, -0.25) is 0 Å². The molecule has 0 unspecified atom stereocenters. The maximum atomic E-state index is 11.2. The molecule has 1 aliphatic rings. The number of hydrogen-bond acceptors (Lipinski definition) is 6. The monoisotopic (exact) mass is 351 g/mol. The van der Waals surface area contributed by atoms with Gasteiger partial charge in [-0.2, -0.15) is 12.7 Å². The van der Waals surface area contributed by atoms with E-state index in [9.17, 15) is 8.42 Å². The van der Waals surface area contributed by atoms with Gasteiger partial charge in [0, 0.05) is 38.1 Å². The molecule has 24 heavy (non-hydrogen) atoms. The van der Waals surface area contributed by atoms with Crippen molar-refractivity contribution < 1.29 is 13.2 Å². The third-order valence-electron chi connectivity index (χ3n) is 4.37. The lowest BCUT2D eigenvalue weighted by Crippen LogP contribution is -2.48. The Bertz CT molecular complexity index is 836. The summed E-state index contributed by atoms with van der Waals surface area (Å²) >= 11 is 0. The van der Waals surface area contributed by atoms with Gasteiger partial charge in [-0.05, 0) is 24.5 Å². The molecule has 0 radical (unpaired) electrons. The minimum atomic E-state index is -3.60. The number of rotatable bonds is 6. The van der Waals surface area contributed by atoms with Crippen LogP contribution in [0.25, 0.3) is 10.9 Å². The molecule has 1 saturated heterocycles. The zero-order valence-electron chi connectivity index (χ0n) is 13.7. The fourth-order valence-corrected chi connectivity index (χ4v) is 3.18. The molecule has 2 heterocycles. The molecule has 1 aromatic carbocycles. The standard InChI is InChI=1S/C15H21N5O3S/c1-19(24(16,21)22)6-5-11-8-20(9-11)15-13-4-3-12(23-2)7-14(13)17-10-18-15/h3-4,7,10-11H,5-6,8-9H2,1-2H3,(H2,16,21,22). The van der Waals surface area contributed by atoms with Crippen LogP contribution in [0.15, 0.2) is 24.5 Å². The van der Waals surface area contributed by atoms with Crippen molar-refractivity contribution in [3.05, 3.63) is 24.5 Å². The minimum absolute atomic E-state index is 0.428. The molecule has 0 spiro atoms. The van der Waals surface area contributed by atoms with Crippen molar-refractivity contribution in [2.24, 2.45) is 11.1 Å². The highest BCUT2D eigenvalue weighted by atomic mass is 32.2. The first-order valence-corrected chi connectivity index (χ1v) is 9.16. The minimum Gasteiger partial charge on any atom is -0.497 e. The van der Waals surface area contributed by atoms with Crippen LogP contribution in [-0.2, 0) is 10.2 Å². The third-order valence-corrected chi connectivity index (χ3v) is 5.42. The van der Waals surface area contributed by atoms with Gasteiger partial charge in [0.2, 0.25) is 0 Å². The molecule has 1 aromatic heterocycles. The number of nitrogens with zero attached hydrogens (tertiary/aromatic N) is 4. The van der Waals surface area contributed by atoms with Crippen molar-refractivity contribution in [1.82, 2.24) is 14.3 Å². The van der Waals surface area contributed by atoms with Gasteiger partial charge in [-0.25, -0.2) is 15.1 Å². The van der Waals surface area contributed by atoms with E-state index >= 15 is 0 Å². The second-order valence-corrected chi connectivity index (χ2v) is 7.66. The maximum absolute atomic E-state index is 11.2. The summed E-state index contributed by atoms with van der Waals surface area (Å²) in [6.07, 6.45) is 2.33. The first-order valence-electron chi connectivity index (χ1n) is 7.66. The highest BCUT2D eigenvalue weighted by Gasteiger charge is 2.29. The average molecular weight is 351 g/mol. The van der Waals surface area contributed by atoms with E-state index < -0.39 is 10.2 Å². The van der Waals surface area contributed by atoms with Crippen LogP contribution in [0, 0.1) is 5.92 Å². The Labute approximate surface area is 141 Å². The zero-order chi connectivity index (χ0) is 17.3. The average Bonchev–Trinajstić information content (AvgIpc) is 2.51. The lowest BCUT2D eigenvalue weighted by atomic mass is 9.96. The van der Waals surface area contributed by atoms with Gasteiger partial charge in [0.15, 0.2) is 0 Å². The van der Waals surface area contributed by atoms with Crippen molar-refractivity contribution in [2.45, 2.75) is 6.42 Å². The highest BCUT2D eigenvalue weighted by Crippen LogP contribution is 2.31. The van der Waals surface area contributed by atoms with Crippen molar-refractivity contribution in [1.29, 1.82) is 0 Å². The van der Waals surface area contributed by atoms with Crippen LogP contribution in [0.1, 0.15) is 6.42 Å². The number of ether oxygens (including phenoxy) is 1. The fourth-order valence-electron chi connectivity index (χ4n) is 2.82. The van der Waals surface area contributed by atoms with Gasteiger partial charge in [0.1, 0.15) is 17.9 Å². The van der Waals surface area contributed by atoms with E-state index in [0.29, 0.717) is 12.5 Å². The summed E-state index contributed by atoms with van der Waals surface area (Å²) < 4.78 is 28.8. The maximum Gasteiger partial charge on any atom is 0.276 e. The summed E-state index contributed by atoms with van der Waals surface area (Å²) in [4.78, 5) is 10.9. The first-order chi connectivity index (χ1) is 11.4. The molecule has 0 saturated carbocycles. The number of nitrogens with two attached hydrogens (primary N) is 1. The molecule has 9 heteroatoms. The highest BCUT2D eigenvalue weighted by molar-refractivity contribution is 7.86. The number of fused-ring (bicyclic) bond motifs is 1. The summed E-state index contributed by atoms with van der Waals surface area (Å²) in [7, 11) is -0.473. The molecule has 130 valence electrons. The molecule has 1 fully saturated rings. The van der Waals surface area contributed by atoms with E-state index in [1.54, 1.807) is 13.4 Å². The van der Waals surface area contributed by atoms with E-state index in [-0.39, 0.29) is 0 Å². The molecule has 0 aliphatic carbocycles. The van der Waals surface area contributed by atoms with Crippen molar-refractivity contribution in [2.75, 3.05) is 38.7 Å². The molecule has 1 aliphatic heterocycles. The SMILES string of the molecule is COc1ccc2c(N3CC(CCN(C)S(N)(=O)=O)C3)ncnc2c1. The Morgan fingerprint density at radius 3 is 2.79 bits per heavy atom. The molecular formula is C15H21N5O3S. The van der Waals surface area contributed by atoms with Gasteiger partial charge in [0.25, 0.3) is 10.2 Å². The second kappa shape index (κ2) is 6.50. The van der Waals surface area contributed by atoms with Gasteiger partial charge < -0.3 is 9.64 Å². The second-order valence-electron chi connectivity index (χ2n) is 6.01. The number of aromatic nitrogens is 2. The van der Waals surface area contributed by atoms with Crippen LogP contribution < -0.4 is 14.8 Å². The van der Waals surface area contributed by atoms with E-state index in [2.05, 4.69) is 14.9 Å². The molecule has 0 amide bonds. The number of benzene rings is 1. The lowest BCUT2D eigenvalue weighted by molar-refractivity contribution is 0.343. The molecule has 0 bridgehead atoms. The Balaban J connectivity index is 1.65. The van der Waals surface area contributed by atoms with E-state index in [1.807, 2.05) is 18.2 Å². The topological polar surface area (TPSA) is 102 Å². The fraction of sp³-hybridized carbons (Fsp3) is 0.467. The van der Waals surface area contributed by atoms with Gasteiger partial charge in [0.05, 0.1) is 12.6 Å². The third kappa shape index (κ3) is 3.42. The van der Waals surface area contributed by atoms with Crippen LogP contribution in [-0.4, -0.2) is 56.5 Å².